The molecule has 202 valence electrons. The van der Waals surface area contributed by atoms with Gasteiger partial charge in [-0.05, 0) is 54.8 Å². The summed E-state index contributed by atoms with van der Waals surface area (Å²) in [5.74, 6) is -0.274. The maximum Gasteiger partial charge on any atom is 0.261 e. The monoisotopic (exact) mass is 561 g/mol. The standard InChI is InChI=1S/C26H28FN3O6S2/c1-37(32,33)30-14-12-21(13-15-30)36-22-10-11-24(26(31)28-20-7-5-6-19(16-20)18-27)25(17-22)29-38(34,35)23-8-3-2-4-9-23/h2-11,16-17,21,29H,12-15,18H2,1H3,(H,28,31). The summed E-state index contributed by atoms with van der Waals surface area (Å²) < 4.78 is 72.6. The zero-order valence-corrected chi connectivity index (χ0v) is 22.3. The topological polar surface area (TPSA) is 122 Å². The van der Waals surface area contributed by atoms with E-state index >= 15 is 0 Å². The molecule has 9 nitrogen and oxygen atoms in total. The van der Waals surface area contributed by atoms with Crippen LogP contribution in [0.25, 0.3) is 0 Å². The van der Waals surface area contributed by atoms with Gasteiger partial charge in [0.2, 0.25) is 10.0 Å². The lowest BCUT2D eigenvalue weighted by Crippen LogP contribution is -2.41. The van der Waals surface area contributed by atoms with Crippen LogP contribution in [-0.2, 0) is 26.7 Å². The second-order valence-electron chi connectivity index (χ2n) is 8.89. The number of sulfonamides is 2. The first-order chi connectivity index (χ1) is 18.0. The normalized spacial score (nSPS) is 15.1. The highest BCUT2D eigenvalue weighted by molar-refractivity contribution is 7.92. The van der Waals surface area contributed by atoms with Gasteiger partial charge in [0.15, 0.2) is 0 Å². The number of nitrogens with one attached hydrogen (secondary N) is 2. The van der Waals surface area contributed by atoms with Gasteiger partial charge < -0.3 is 10.1 Å². The number of alkyl halides is 1. The molecule has 0 aromatic heterocycles. The van der Waals surface area contributed by atoms with Crippen molar-refractivity contribution in [1.29, 1.82) is 0 Å². The molecule has 12 heteroatoms. The van der Waals surface area contributed by atoms with Crippen molar-refractivity contribution in [2.45, 2.75) is 30.5 Å². The summed E-state index contributed by atoms with van der Waals surface area (Å²) in [4.78, 5) is 13.2. The third-order valence-electron chi connectivity index (χ3n) is 6.05. The van der Waals surface area contributed by atoms with Crippen LogP contribution >= 0.6 is 0 Å². The van der Waals surface area contributed by atoms with Gasteiger partial charge in [-0.3, -0.25) is 9.52 Å². The molecule has 0 unspecified atom stereocenters. The number of halogens is 1. The minimum atomic E-state index is -4.03. The number of nitrogens with zero attached hydrogens (tertiary/aromatic N) is 1. The highest BCUT2D eigenvalue weighted by Gasteiger charge is 2.27. The van der Waals surface area contributed by atoms with Crippen molar-refractivity contribution in [1.82, 2.24) is 4.31 Å². The molecule has 1 amide bonds. The largest absolute Gasteiger partial charge is 0.490 e. The van der Waals surface area contributed by atoms with Gasteiger partial charge in [-0.15, -0.1) is 0 Å². The van der Waals surface area contributed by atoms with E-state index in [2.05, 4.69) is 10.0 Å². The maximum absolute atomic E-state index is 13.1. The predicted octanol–water partition coefficient (Wildman–Crippen LogP) is 4.01. The van der Waals surface area contributed by atoms with Crippen LogP contribution in [-0.4, -0.2) is 52.5 Å². The minimum absolute atomic E-state index is 0.000860. The first-order valence-electron chi connectivity index (χ1n) is 11.8. The fraction of sp³-hybridized carbons (Fsp3) is 0.269. The molecule has 0 saturated carbocycles. The number of hydrogen-bond acceptors (Lipinski definition) is 6. The Kier molecular flexibility index (Phi) is 8.34. The number of rotatable bonds is 9. The van der Waals surface area contributed by atoms with E-state index in [0.29, 0.717) is 42.9 Å². The predicted molar refractivity (Wildman–Crippen MR) is 143 cm³/mol. The van der Waals surface area contributed by atoms with Crippen molar-refractivity contribution in [3.63, 3.8) is 0 Å². The van der Waals surface area contributed by atoms with Gasteiger partial charge in [-0.1, -0.05) is 30.3 Å². The van der Waals surface area contributed by atoms with Crippen molar-refractivity contribution in [3.8, 4) is 5.75 Å². The Morgan fingerprint density at radius 1 is 0.974 bits per heavy atom. The quantitative estimate of drug-likeness (QED) is 0.407. The van der Waals surface area contributed by atoms with Crippen LogP contribution < -0.4 is 14.8 Å². The Morgan fingerprint density at radius 3 is 2.34 bits per heavy atom. The van der Waals surface area contributed by atoms with Crippen LogP contribution in [0.3, 0.4) is 0 Å². The average molecular weight is 562 g/mol. The summed E-state index contributed by atoms with van der Waals surface area (Å²) in [6.07, 6.45) is 1.81. The smallest absolute Gasteiger partial charge is 0.261 e. The van der Waals surface area contributed by atoms with E-state index in [1.807, 2.05) is 0 Å². The average Bonchev–Trinajstić information content (AvgIpc) is 2.89. The van der Waals surface area contributed by atoms with Crippen molar-refractivity contribution in [2.24, 2.45) is 0 Å². The molecule has 0 bridgehead atoms. The van der Waals surface area contributed by atoms with E-state index in [9.17, 15) is 26.0 Å². The van der Waals surface area contributed by atoms with Crippen LogP contribution in [0.15, 0.2) is 77.7 Å². The van der Waals surface area contributed by atoms with Gasteiger partial charge in [0, 0.05) is 24.8 Å². The molecule has 38 heavy (non-hydrogen) atoms. The van der Waals surface area contributed by atoms with Gasteiger partial charge in [0.1, 0.15) is 18.5 Å². The number of amides is 1. The molecule has 3 aromatic carbocycles. The van der Waals surface area contributed by atoms with Crippen LogP contribution in [0.5, 0.6) is 5.75 Å². The van der Waals surface area contributed by atoms with Gasteiger partial charge in [-0.2, -0.15) is 0 Å². The lowest BCUT2D eigenvalue weighted by Gasteiger charge is -2.30. The third kappa shape index (κ3) is 6.88. The Hall–Kier alpha value is -3.48. The molecular weight excluding hydrogens is 533 g/mol. The zero-order chi connectivity index (χ0) is 27.3. The Morgan fingerprint density at radius 2 is 1.68 bits per heavy atom. The molecular formula is C26H28FN3O6S2. The highest BCUT2D eigenvalue weighted by Crippen LogP contribution is 2.29. The molecule has 1 aliphatic rings. The second kappa shape index (κ2) is 11.5. The number of benzene rings is 3. The van der Waals surface area contributed by atoms with Gasteiger partial charge in [0.05, 0.1) is 22.4 Å². The Labute approximate surface area is 221 Å². The first kappa shape index (κ1) is 27.6. The molecule has 2 N–H and O–H groups in total. The summed E-state index contributed by atoms with van der Waals surface area (Å²) >= 11 is 0. The SMILES string of the molecule is CS(=O)(=O)N1CCC(Oc2ccc(C(=O)Nc3cccc(CF)c3)c(NS(=O)(=O)c3ccccc3)c2)CC1. The molecule has 0 atom stereocenters. The van der Waals surface area contributed by atoms with Crippen molar-refractivity contribution < 1.29 is 30.8 Å². The van der Waals surface area contributed by atoms with Crippen molar-refractivity contribution in [3.05, 3.63) is 83.9 Å². The number of anilines is 2. The molecule has 0 radical (unpaired) electrons. The van der Waals surface area contributed by atoms with Crippen LogP contribution in [0.2, 0.25) is 0 Å². The van der Waals surface area contributed by atoms with E-state index < -0.39 is 32.6 Å². The molecule has 1 saturated heterocycles. The summed E-state index contributed by atoms with van der Waals surface area (Å²) in [6.45, 7) is -0.0637. The first-order valence-corrected chi connectivity index (χ1v) is 15.2. The second-order valence-corrected chi connectivity index (χ2v) is 12.6. The number of piperidine rings is 1. The number of ether oxygens (including phenoxy) is 1. The van der Waals surface area contributed by atoms with Crippen molar-refractivity contribution >= 4 is 37.3 Å². The number of carbonyl (C=O) groups excluding carboxylic acids is 1. The lowest BCUT2D eigenvalue weighted by molar-refractivity contribution is 0.102. The van der Waals surface area contributed by atoms with E-state index in [-0.39, 0.29) is 22.3 Å². The Balaban J connectivity index is 1.60. The van der Waals surface area contributed by atoms with E-state index in [1.54, 1.807) is 42.5 Å². The molecule has 0 spiro atoms. The van der Waals surface area contributed by atoms with E-state index in [0.717, 1.165) is 6.26 Å². The molecule has 3 aromatic rings. The van der Waals surface area contributed by atoms with Gasteiger partial charge in [0.25, 0.3) is 15.9 Å². The molecule has 0 aliphatic carbocycles. The van der Waals surface area contributed by atoms with Gasteiger partial charge >= 0.3 is 0 Å². The molecule has 1 heterocycles. The van der Waals surface area contributed by atoms with Crippen LogP contribution in [0, 0.1) is 0 Å². The Bertz CT molecular complexity index is 1510. The van der Waals surface area contributed by atoms with Crippen LogP contribution in [0.4, 0.5) is 15.8 Å². The number of hydrogen-bond donors (Lipinski definition) is 2. The van der Waals surface area contributed by atoms with E-state index in [1.165, 1.54) is 34.6 Å². The summed E-state index contributed by atoms with van der Waals surface area (Å²) in [6, 6.07) is 18.4. The van der Waals surface area contributed by atoms with Gasteiger partial charge in [-0.25, -0.2) is 25.5 Å². The van der Waals surface area contributed by atoms with Crippen molar-refractivity contribution in [2.75, 3.05) is 29.4 Å². The highest BCUT2D eigenvalue weighted by atomic mass is 32.2. The third-order valence-corrected chi connectivity index (χ3v) is 8.73. The fourth-order valence-electron chi connectivity index (χ4n) is 4.09. The summed E-state index contributed by atoms with van der Waals surface area (Å²) in [5, 5.41) is 2.68. The molecule has 4 rings (SSSR count). The molecule has 1 fully saturated rings. The summed E-state index contributed by atoms with van der Waals surface area (Å²) in [7, 11) is -7.32. The van der Waals surface area contributed by atoms with E-state index in [4.69, 9.17) is 4.74 Å². The molecule has 1 aliphatic heterocycles. The number of carbonyl (C=O) groups is 1. The maximum atomic E-state index is 13.1. The minimum Gasteiger partial charge on any atom is -0.490 e. The zero-order valence-electron chi connectivity index (χ0n) is 20.6. The van der Waals surface area contributed by atoms with Crippen LogP contribution in [0.1, 0.15) is 28.8 Å². The fourth-order valence-corrected chi connectivity index (χ4v) is 6.05. The summed E-state index contributed by atoms with van der Waals surface area (Å²) in [5.41, 5.74) is 0.784. The lowest BCUT2D eigenvalue weighted by atomic mass is 10.1.